The maximum absolute atomic E-state index is 6.25. The zero-order valence-electron chi connectivity index (χ0n) is 11.9. The predicted octanol–water partition coefficient (Wildman–Crippen LogP) is 2.38. The highest BCUT2D eigenvalue weighted by atomic mass is 15.3. The van der Waals surface area contributed by atoms with Crippen LogP contribution in [0.4, 0.5) is 5.69 Å². The summed E-state index contributed by atoms with van der Waals surface area (Å²) < 4.78 is 0. The number of benzene rings is 1. The summed E-state index contributed by atoms with van der Waals surface area (Å²) in [5.74, 6) is 0. The van der Waals surface area contributed by atoms with Crippen molar-refractivity contribution in [2.24, 2.45) is 5.73 Å². The van der Waals surface area contributed by atoms with Crippen molar-refractivity contribution in [2.45, 2.75) is 38.3 Å². The molecule has 0 spiro atoms. The minimum absolute atomic E-state index is 0.165. The summed E-state index contributed by atoms with van der Waals surface area (Å²) in [6.45, 7) is 6.86. The van der Waals surface area contributed by atoms with Crippen LogP contribution in [0.15, 0.2) is 24.3 Å². The van der Waals surface area contributed by atoms with Gasteiger partial charge in [0.05, 0.1) is 0 Å². The highest BCUT2D eigenvalue weighted by Crippen LogP contribution is 2.31. The van der Waals surface area contributed by atoms with E-state index >= 15 is 0 Å². The third-order valence-corrected chi connectivity index (χ3v) is 4.49. The van der Waals surface area contributed by atoms with E-state index < -0.39 is 0 Å². The Hall–Kier alpha value is -1.06. The number of nitrogens with two attached hydrogens (primary N) is 1. The molecule has 1 heterocycles. The van der Waals surface area contributed by atoms with Crippen molar-refractivity contribution >= 4 is 5.69 Å². The molecule has 2 N–H and O–H groups in total. The fourth-order valence-electron chi connectivity index (χ4n) is 3.08. The van der Waals surface area contributed by atoms with Crippen molar-refractivity contribution in [1.29, 1.82) is 0 Å². The number of anilines is 1. The first kappa shape index (κ1) is 12.9. The van der Waals surface area contributed by atoms with E-state index in [0.29, 0.717) is 0 Å². The molecule has 0 radical (unpaired) electrons. The minimum Gasteiger partial charge on any atom is -0.369 e. The van der Waals surface area contributed by atoms with Crippen molar-refractivity contribution in [3.05, 3.63) is 29.8 Å². The van der Waals surface area contributed by atoms with Gasteiger partial charge >= 0.3 is 0 Å². The van der Waals surface area contributed by atoms with Gasteiger partial charge < -0.3 is 10.6 Å². The second-order valence-electron chi connectivity index (χ2n) is 5.83. The molecule has 1 atom stereocenters. The molecule has 1 aliphatic carbocycles. The van der Waals surface area contributed by atoms with Gasteiger partial charge in [0.2, 0.25) is 0 Å². The largest absolute Gasteiger partial charge is 0.369 e. The highest BCUT2D eigenvalue weighted by molar-refractivity contribution is 5.55. The Morgan fingerprint density at radius 2 is 1.84 bits per heavy atom. The molecule has 104 valence electrons. The SMILES string of the molecule is CC[C@@H](N)c1ccccc1N1CCN(C2CC2)CC1. The van der Waals surface area contributed by atoms with Crippen LogP contribution in [0, 0.1) is 0 Å². The summed E-state index contributed by atoms with van der Waals surface area (Å²) in [4.78, 5) is 5.17. The van der Waals surface area contributed by atoms with Crippen LogP contribution in [-0.4, -0.2) is 37.1 Å². The van der Waals surface area contributed by atoms with Crippen LogP contribution >= 0.6 is 0 Å². The molecule has 1 saturated heterocycles. The molecule has 2 aliphatic rings. The van der Waals surface area contributed by atoms with Gasteiger partial charge in [-0.25, -0.2) is 0 Å². The van der Waals surface area contributed by atoms with Gasteiger partial charge in [-0.2, -0.15) is 0 Å². The lowest BCUT2D eigenvalue weighted by atomic mass is 10.0. The zero-order chi connectivity index (χ0) is 13.2. The van der Waals surface area contributed by atoms with Crippen LogP contribution in [0.3, 0.4) is 0 Å². The Balaban J connectivity index is 1.71. The normalized spacial score (nSPS) is 22.5. The van der Waals surface area contributed by atoms with E-state index in [2.05, 4.69) is 41.0 Å². The Morgan fingerprint density at radius 1 is 1.16 bits per heavy atom. The van der Waals surface area contributed by atoms with Crippen molar-refractivity contribution in [3.8, 4) is 0 Å². The second-order valence-corrected chi connectivity index (χ2v) is 5.83. The van der Waals surface area contributed by atoms with Crippen LogP contribution in [0.2, 0.25) is 0 Å². The fraction of sp³-hybridized carbons (Fsp3) is 0.625. The average molecular weight is 259 g/mol. The van der Waals surface area contributed by atoms with E-state index in [1.807, 2.05) is 0 Å². The predicted molar refractivity (Wildman–Crippen MR) is 80.5 cm³/mol. The lowest BCUT2D eigenvalue weighted by Gasteiger charge is -2.37. The third-order valence-electron chi connectivity index (χ3n) is 4.49. The monoisotopic (exact) mass is 259 g/mol. The molecule has 2 fully saturated rings. The van der Waals surface area contributed by atoms with E-state index in [-0.39, 0.29) is 6.04 Å². The van der Waals surface area contributed by atoms with Crippen LogP contribution in [0.25, 0.3) is 0 Å². The molecule has 1 aromatic rings. The van der Waals surface area contributed by atoms with E-state index in [0.717, 1.165) is 25.6 Å². The van der Waals surface area contributed by atoms with Gasteiger partial charge in [-0.05, 0) is 30.9 Å². The van der Waals surface area contributed by atoms with E-state index in [9.17, 15) is 0 Å². The van der Waals surface area contributed by atoms with Gasteiger partial charge in [0.25, 0.3) is 0 Å². The number of hydrogen-bond donors (Lipinski definition) is 1. The first-order valence-corrected chi connectivity index (χ1v) is 7.63. The van der Waals surface area contributed by atoms with Gasteiger partial charge in [-0.1, -0.05) is 25.1 Å². The molecular weight excluding hydrogens is 234 g/mol. The van der Waals surface area contributed by atoms with Crippen LogP contribution in [0.5, 0.6) is 0 Å². The first-order chi connectivity index (χ1) is 9.29. The maximum Gasteiger partial charge on any atom is 0.0415 e. The highest BCUT2D eigenvalue weighted by Gasteiger charge is 2.31. The first-order valence-electron chi connectivity index (χ1n) is 7.63. The van der Waals surface area contributed by atoms with Crippen LogP contribution < -0.4 is 10.6 Å². The summed E-state index contributed by atoms with van der Waals surface area (Å²) in [6, 6.07) is 9.73. The summed E-state index contributed by atoms with van der Waals surface area (Å²) >= 11 is 0. The van der Waals surface area contributed by atoms with Gasteiger partial charge in [-0.15, -0.1) is 0 Å². The third kappa shape index (κ3) is 2.77. The number of para-hydroxylation sites is 1. The Morgan fingerprint density at radius 3 is 2.47 bits per heavy atom. The standard InChI is InChI=1S/C16H25N3/c1-2-15(17)14-5-3-4-6-16(14)19-11-9-18(10-12-19)13-7-8-13/h3-6,13,15H,2,7-12,17H2,1H3/t15-/m1/s1. The number of hydrogen-bond acceptors (Lipinski definition) is 3. The minimum atomic E-state index is 0.165. The van der Waals surface area contributed by atoms with Crippen molar-refractivity contribution < 1.29 is 0 Å². The fourth-order valence-corrected chi connectivity index (χ4v) is 3.08. The maximum atomic E-state index is 6.25. The second kappa shape index (κ2) is 5.51. The average Bonchev–Trinajstić information content (AvgIpc) is 3.31. The van der Waals surface area contributed by atoms with E-state index in [1.54, 1.807) is 0 Å². The van der Waals surface area contributed by atoms with Gasteiger partial charge in [-0.3, -0.25) is 4.90 Å². The number of piperazine rings is 1. The number of nitrogens with zero attached hydrogens (tertiary/aromatic N) is 2. The Labute approximate surface area is 116 Å². The smallest absolute Gasteiger partial charge is 0.0415 e. The molecule has 1 saturated carbocycles. The van der Waals surface area contributed by atoms with Gasteiger partial charge in [0.1, 0.15) is 0 Å². The molecule has 3 rings (SSSR count). The molecule has 1 aliphatic heterocycles. The van der Waals surface area contributed by atoms with Gasteiger partial charge in [0.15, 0.2) is 0 Å². The molecule has 19 heavy (non-hydrogen) atoms. The summed E-state index contributed by atoms with van der Waals surface area (Å²) in [5, 5.41) is 0. The quantitative estimate of drug-likeness (QED) is 0.901. The summed E-state index contributed by atoms with van der Waals surface area (Å²) in [5.41, 5.74) is 8.91. The van der Waals surface area contributed by atoms with Crippen molar-refractivity contribution in [2.75, 3.05) is 31.1 Å². The van der Waals surface area contributed by atoms with E-state index in [4.69, 9.17) is 5.73 Å². The molecule has 3 nitrogen and oxygen atoms in total. The topological polar surface area (TPSA) is 32.5 Å². The molecule has 3 heteroatoms. The van der Waals surface area contributed by atoms with E-state index in [1.165, 1.54) is 37.2 Å². The van der Waals surface area contributed by atoms with Crippen molar-refractivity contribution in [3.63, 3.8) is 0 Å². The van der Waals surface area contributed by atoms with Crippen LogP contribution in [0.1, 0.15) is 37.8 Å². The summed E-state index contributed by atoms with van der Waals surface area (Å²) in [7, 11) is 0. The molecule has 0 aromatic heterocycles. The lowest BCUT2D eigenvalue weighted by molar-refractivity contribution is 0.248. The molecule has 0 unspecified atom stereocenters. The van der Waals surface area contributed by atoms with Gasteiger partial charge in [0, 0.05) is 44.0 Å². The lowest BCUT2D eigenvalue weighted by Crippen LogP contribution is -2.47. The Bertz CT molecular complexity index is 420. The van der Waals surface area contributed by atoms with Crippen molar-refractivity contribution in [1.82, 2.24) is 4.90 Å². The zero-order valence-corrected chi connectivity index (χ0v) is 11.9. The molecule has 1 aromatic carbocycles. The Kier molecular flexibility index (Phi) is 3.76. The number of rotatable bonds is 4. The molecule has 0 bridgehead atoms. The molecule has 0 amide bonds. The molecular formula is C16H25N3. The summed E-state index contributed by atoms with van der Waals surface area (Å²) in [6.07, 6.45) is 3.83. The van der Waals surface area contributed by atoms with Crippen LogP contribution in [-0.2, 0) is 0 Å².